The van der Waals surface area contributed by atoms with Gasteiger partial charge in [0.15, 0.2) is 0 Å². The van der Waals surface area contributed by atoms with E-state index in [1.165, 1.54) is 12.1 Å². The van der Waals surface area contributed by atoms with Crippen molar-refractivity contribution in [1.82, 2.24) is 10.6 Å². The summed E-state index contributed by atoms with van der Waals surface area (Å²) in [6.45, 7) is 5.00. The lowest BCUT2D eigenvalue weighted by atomic mass is 10.1. The first-order chi connectivity index (χ1) is 8.13. The zero-order valence-electron chi connectivity index (χ0n) is 10.3. The fourth-order valence-corrected chi connectivity index (χ4v) is 1.53. The summed E-state index contributed by atoms with van der Waals surface area (Å²) >= 11 is 0. The second-order valence-electron chi connectivity index (χ2n) is 4.02. The molecule has 1 aromatic carbocycles. The van der Waals surface area contributed by atoms with Crippen LogP contribution >= 0.6 is 0 Å². The molecule has 0 saturated heterocycles. The number of carbonyl (C=O) groups excluding carboxylic acids is 1. The van der Waals surface area contributed by atoms with E-state index in [-0.39, 0.29) is 17.8 Å². The lowest BCUT2D eigenvalue weighted by Crippen LogP contribution is -2.35. The Labute approximate surface area is 101 Å². The van der Waals surface area contributed by atoms with Gasteiger partial charge in [0.1, 0.15) is 5.82 Å². The molecule has 0 unspecified atom stereocenters. The van der Waals surface area contributed by atoms with Gasteiger partial charge in [-0.25, -0.2) is 4.39 Å². The van der Waals surface area contributed by atoms with E-state index in [1.807, 2.05) is 13.8 Å². The SMILES string of the molecule is CCCNCC(=O)N[C@@H](C)c1cccc(F)c1. The van der Waals surface area contributed by atoms with Gasteiger partial charge >= 0.3 is 0 Å². The molecule has 1 amide bonds. The summed E-state index contributed by atoms with van der Waals surface area (Å²) < 4.78 is 13.0. The van der Waals surface area contributed by atoms with Crippen LogP contribution in [0, 0.1) is 5.82 Å². The van der Waals surface area contributed by atoms with Crippen molar-refractivity contribution in [3.8, 4) is 0 Å². The van der Waals surface area contributed by atoms with Gasteiger partial charge in [0.2, 0.25) is 5.91 Å². The Kier molecular flexibility index (Phi) is 5.63. The second kappa shape index (κ2) is 7.01. The smallest absolute Gasteiger partial charge is 0.234 e. The lowest BCUT2D eigenvalue weighted by Gasteiger charge is -2.14. The predicted octanol–water partition coefficient (Wildman–Crippen LogP) is 2.00. The molecular weight excluding hydrogens is 219 g/mol. The third kappa shape index (κ3) is 4.95. The normalized spacial score (nSPS) is 12.2. The molecule has 0 aliphatic carbocycles. The molecule has 0 aliphatic rings. The Morgan fingerprint density at radius 1 is 1.47 bits per heavy atom. The van der Waals surface area contributed by atoms with Crippen LogP contribution in [0.4, 0.5) is 4.39 Å². The highest BCUT2D eigenvalue weighted by molar-refractivity contribution is 5.78. The van der Waals surface area contributed by atoms with Crippen molar-refractivity contribution in [2.75, 3.05) is 13.1 Å². The summed E-state index contributed by atoms with van der Waals surface area (Å²) in [4.78, 5) is 11.5. The number of nitrogens with one attached hydrogen (secondary N) is 2. The van der Waals surface area contributed by atoms with Crippen LogP contribution in [0.2, 0.25) is 0 Å². The van der Waals surface area contributed by atoms with Gasteiger partial charge in [-0.1, -0.05) is 19.1 Å². The summed E-state index contributed by atoms with van der Waals surface area (Å²) in [5, 5.41) is 5.83. The first kappa shape index (κ1) is 13.6. The molecule has 2 N–H and O–H groups in total. The first-order valence-electron chi connectivity index (χ1n) is 5.89. The average molecular weight is 238 g/mol. The maximum atomic E-state index is 13.0. The molecule has 0 heterocycles. The summed E-state index contributed by atoms with van der Waals surface area (Å²) in [5.41, 5.74) is 0.772. The molecule has 1 rings (SSSR count). The molecule has 0 fully saturated rings. The van der Waals surface area contributed by atoms with Crippen LogP contribution in [0.1, 0.15) is 31.9 Å². The van der Waals surface area contributed by atoms with Gasteiger partial charge < -0.3 is 10.6 Å². The number of hydrogen-bond donors (Lipinski definition) is 2. The molecule has 0 spiro atoms. The molecule has 3 nitrogen and oxygen atoms in total. The molecule has 0 saturated carbocycles. The molecule has 1 aromatic rings. The Balaban J connectivity index is 2.43. The van der Waals surface area contributed by atoms with Crippen LogP contribution in [-0.2, 0) is 4.79 Å². The minimum atomic E-state index is -0.285. The van der Waals surface area contributed by atoms with Crippen molar-refractivity contribution in [2.24, 2.45) is 0 Å². The number of hydrogen-bond acceptors (Lipinski definition) is 2. The van der Waals surface area contributed by atoms with E-state index in [2.05, 4.69) is 10.6 Å². The van der Waals surface area contributed by atoms with E-state index >= 15 is 0 Å². The van der Waals surface area contributed by atoms with E-state index in [0.717, 1.165) is 18.5 Å². The zero-order valence-corrected chi connectivity index (χ0v) is 10.3. The number of carbonyl (C=O) groups is 1. The molecule has 0 bridgehead atoms. The number of benzene rings is 1. The van der Waals surface area contributed by atoms with Gasteiger partial charge in [-0.3, -0.25) is 4.79 Å². The van der Waals surface area contributed by atoms with Crippen molar-refractivity contribution in [1.29, 1.82) is 0 Å². The summed E-state index contributed by atoms with van der Waals surface area (Å²) in [7, 11) is 0. The first-order valence-corrected chi connectivity index (χ1v) is 5.89. The van der Waals surface area contributed by atoms with Gasteiger partial charge in [-0.15, -0.1) is 0 Å². The molecule has 4 heteroatoms. The summed E-state index contributed by atoms with van der Waals surface area (Å²) in [6.07, 6.45) is 0.993. The van der Waals surface area contributed by atoms with Crippen molar-refractivity contribution in [3.05, 3.63) is 35.6 Å². The van der Waals surface area contributed by atoms with E-state index in [1.54, 1.807) is 12.1 Å². The molecule has 0 radical (unpaired) electrons. The molecule has 17 heavy (non-hydrogen) atoms. The molecular formula is C13H19FN2O. The predicted molar refractivity (Wildman–Crippen MR) is 66.1 cm³/mol. The highest BCUT2D eigenvalue weighted by atomic mass is 19.1. The van der Waals surface area contributed by atoms with E-state index in [4.69, 9.17) is 0 Å². The topological polar surface area (TPSA) is 41.1 Å². The Morgan fingerprint density at radius 2 is 2.24 bits per heavy atom. The molecule has 1 atom stereocenters. The molecule has 94 valence electrons. The van der Waals surface area contributed by atoms with Gasteiger partial charge in [0.05, 0.1) is 12.6 Å². The summed E-state index contributed by atoms with van der Waals surface area (Å²) in [5.74, 6) is -0.358. The van der Waals surface area contributed by atoms with Crippen molar-refractivity contribution in [3.63, 3.8) is 0 Å². The highest BCUT2D eigenvalue weighted by Gasteiger charge is 2.09. The van der Waals surface area contributed by atoms with Crippen LogP contribution in [0.25, 0.3) is 0 Å². The Bertz CT molecular complexity index is 368. The minimum Gasteiger partial charge on any atom is -0.348 e. The van der Waals surface area contributed by atoms with Gasteiger partial charge in [0.25, 0.3) is 0 Å². The largest absolute Gasteiger partial charge is 0.348 e. The second-order valence-corrected chi connectivity index (χ2v) is 4.02. The number of amides is 1. The number of halogens is 1. The van der Waals surface area contributed by atoms with Gasteiger partial charge in [-0.05, 0) is 37.6 Å². The van der Waals surface area contributed by atoms with Crippen LogP contribution in [0.5, 0.6) is 0 Å². The van der Waals surface area contributed by atoms with Crippen LogP contribution in [0.15, 0.2) is 24.3 Å². The minimum absolute atomic E-state index is 0.0739. The third-order valence-corrected chi connectivity index (χ3v) is 2.44. The number of rotatable bonds is 6. The Hall–Kier alpha value is -1.42. The van der Waals surface area contributed by atoms with E-state index < -0.39 is 0 Å². The van der Waals surface area contributed by atoms with Gasteiger partial charge in [-0.2, -0.15) is 0 Å². The fraction of sp³-hybridized carbons (Fsp3) is 0.462. The van der Waals surface area contributed by atoms with Crippen molar-refractivity contribution < 1.29 is 9.18 Å². The van der Waals surface area contributed by atoms with Crippen LogP contribution in [0.3, 0.4) is 0 Å². The van der Waals surface area contributed by atoms with Crippen LogP contribution < -0.4 is 10.6 Å². The standard InChI is InChI=1S/C13H19FN2O/c1-3-7-15-9-13(17)16-10(2)11-5-4-6-12(14)8-11/h4-6,8,10,15H,3,7,9H2,1-2H3,(H,16,17)/t10-/m0/s1. The quantitative estimate of drug-likeness (QED) is 0.744. The maximum Gasteiger partial charge on any atom is 0.234 e. The van der Waals surface area contributed by atoms with Crippen molar-refractivity contribution in [2.45, 2.75) is 26.3 Å². The monoisotopic (exact) mass is 238 g/mol. The van der Waals surface area contributed by atoms with Crippen LogP contribution in [-0.4, -0.2) is 19.0 Å². The molecule has 0 aromatic heterocycles. The van der Waals surface area contributed by atoms with Gasteiger partial charge in [0, 0.05) is 0 Å². The van der Waals surface area contributed by atoms with E-state index in [9.17, 15) is 9.18 Å². The zero-order chi connectivity index (χ0) is 12.7. The summed E-state index contributed by atoms with van der Waals surface area (Å²) in [6, 6.07) is 6.09. The Morgan fingerprint density at radius 3 is 2.88 bits per heavy atom. The average Bonchev–Trinajstić information content (AvgIpc) is 2.29. The van der Waals surface area contributed by atoms with Crippen molar-refractivity contribution >= 4 is 5.91 Å². The molecule has 0 aliphatic heterocycles. The third-order valence-electron chi connectivity index (χ3n) is 2.44. The fourth-order valence-electron chi connectivity index (χ4n) is 1.53. The lowest BCUT2D eigenvalue weighted by molar-refractivity contribution is -0.120. The maximum absolute atomic E-state index is 13.0. The van der Waals surface area contributed by atoms with E-state index in [0.29, 0.717) is 6.54 Å². The highest BCUT2D eigenvalue weighted by Crippen LogP contribution is 2.12.